The Morgan fingerprint density at radius 2 is 1.85 bits per heavy atom. The Balaban J connectivity index is 1.27. The van der Waals surface area contributed by atoms with Crippen molar-refractivity contribution in [3.8, 4) is 11.3 Å². The molecule has 0 bridgehead atoms. The van der Waals surface area contributed by atoms with E-state index >= 15 is 0 Å². The molecule has 3 N–H and O–H groups in total. The largest absolute Gasteiger partial charge is 0.365 e. The first-order chi connectivity index (χ1) is 19.6. The molecule has 11 nitrogen and oxygen atoms in total. The summed E-state index contributed by atoms with van der Waals surface area (Å²) in [6.07, 6.45) is 1.45. The summed E-state index contributed by atoms with van der Waals surface area (Å²) in [5.74, 6) is 0.313. The van der Waals surface area contributed by atoms with Crippen LogP contribution in [-0.4, -0.2) is 57.2 Å². The predicted molar refractivity (Wildman–Crippen MR) is 154 cm³/mol. The number of halogens is 1. The fourth-order valence-corrected chi connectivity index (χ4v) is 4.63. The van der Waals surface area contributed by atoms with E-state index in [1.165, 1.54) is 6.33 Å². The van der Waals surface area contributed by atoms with E-state index in [9.17, 15) is 9.18 Å². The Hall–Kier alpha value is -4.45. The summed E-state index contributed by atoms with van der Waals surface area (Å²) < 4.78 is 19.9. The first-order valence-corrected chi connectivity index (χ1v) is 13.6. The maximum Gasteiger partial charge on any atom is 0.315 e. The molecule has 3 aromatic heterocycles. The number of nitrogens with zero attached hydrogens (tertiary/aromatic N) is 6. The minimum Gasteiger partial charge on any atom is -0.365 e. The van der Waals surface area contributed by atoms with E-state index in [4.69, 9.17) is 4.52 Å². The van der Waals surface area contributed by atoms with Gasteiger partial charge < -0.3 is 25.4 Å². The summed E-state index contributed by atoms with van der Waals surface area (Å²) in [5.41, 5.74) is 3.64. The maximum atomic E-state index is 14.8. The molecule has 5 rings (SSSR count). The molecular weight excluding hydrogens is 525 g/mol. The molecule has 1 saturated heterocycles. The number of carbonyl (C=O) groups is 1. The molecule has 41 heavy (non-hydrogen) atoms. The van der Waals surface area contributed by atoms with Crippen LogP contribution < -0.4 is 20.9 Å². The van der Waals surface area contributed by atoms with Crippen LogP contribution in [0.15, 0.2) is 47.2 Å². The highest BCUT2D eigenvalue weighted by Gasteiger charge is 2.25. The number of rotatable bonds is 7. The molecule has 1 aliphatic rings. The van der Waals surface area contributed by atoms with Crippen molar-refractivity contribution >= 4 is 23.2 Å². The van der Waals surface area contributed by atoms with Crippen LogP contribution in [0.3, 0.4) is 0 Å². The van der Waals surface area contributed by atoms with Gasteiger partial charge in [-0.25, -0.2) is 15.0 Å². The van der Waals surface area contributed by atoms with Gasteiger partial charge in [-0.1, -0.05) is 38.1 Å². The topological polar surface area (TPSA) is 134 Å². The standard InChI is InChI=1S/C29H34FN9O2/c1-17-14-19(6-7-20(17)18(2)34-26(40)27-37-28(38-41-27)29(3,4)5)21-15-24(33-16-32-21)35-23-9-8-22(25(30)36-23)39-12-10-31-11-13-39/h6-9,14-16,18,31H,10-13H2,1-5H3,(H,34,40)(H,32,33,35,36)/t18-/m1/s1. The molecule has 4 aromatic rings. The van der Waals surface area contributed by atoms with Crippen molar-refractivity contribution < 1.29 is 13.7 Å². The molecule has 1 aliphatic heterocycles. The molecule has 214 valence electrons. The Kier molecular flexibility index (Phi) is 7.93. The Labute approximate surface area is 238 Å². The Bertz CT molecular complexity index is 1540. The number of piperazine rings is 1. The van der Waals surface area contributed by atoms with Gasteiger partial charge in [-0.3, -0.25) is 4.79 Å². The molecular formula is C29H34FN9O2. The summed E-state index contributed by atoms with van der Waals surface area (Å²) in [7, 11) is 0. The maximum absolute atomic E-state index is 14.8. The molecule has 1 fully saturated rings. The molecule has 1 aromatic carbocycles. The third-order valence-corrected chi connectivity index (χ3v) is 6.88. The number of amides is 1. The number of nitrogens with one attached hydrogen (secondary N) is 3. The van der Waals surface area contributed by atoms with Crippen LogP contribution in [0, 0.1) is 12.9 Å². The lowest BCUT2D eigenvalue weighted by Crippen LogP contribution is -2.44. The first kappa shape index (κ1) is 28.1. The zero-order valence-electron chi connectivity index (χ0n) is 23.8. The van der Waals surface area contributed by atoms with Crippen molar-refractivity contribution in [2.45, 2.75) is 46.1 Å². The highest BCUT2D eigenvalue weighted by Crippen LogP contribution is 2.27. The van der Waals surface area contributed by atoms with Gasteiger partial charge in [0.15, 0.2) is 5.82 Å². The molecule has 4 heterocycles. The zero-order valence-corrected chi connectivity index (χ0v) is 23.8. The molecule has 0 saturated carbocycles. The van der Waals surface area contributed by atoms with Gasteiger partial charge >= 0.3 is 11.8 Å². The smallest absolute Gasteiger partial charge is 0.315 e. The minimum absolute atomic E-state index is 0.0649. The lowest BCUT2D eigenvalue weighted by atomic mass is 9.96. The van der Waals surface area contributed by atoms with Gasteiger partial charge in [0.25, 0.3) is 0 Å². The van der Waals surface area contributed by atoms with E-state index in [-0.39, 0.29) is 17.3 Å². The molecule has 0 spiro atoms. The second-order valence-electron chi connectivity index (χ2n) is 11.1. The van der Waals surface area contributed by atoms with Crippen LogP contribution in [0.5, 0.6) is 0 Å². The van der Waals surface area contributed by atoms with E-state index in [1.807, 2.05) is 57.7 Å². The zero-order chi connectivity index (χ0) is 29.1. The number of benzene rings is 1. The summed E-state index contributed by atoms with van der Waals surface area (Å²) in [6, 6.07) is 10.8. The number of aryl methyl sites for hydroxylation is 1. The van der Waals surface area contributed by atoms with Gasteiger partial charge in [0.05, 0.1) is 17.4 Å². The lowest BCUT2D eigenvalue weighted by Gasteiger charge is -2.29. The van der Waals surface area contributed by atoms with Crippen molar-refractivity contribution in [3.63, 3.8) is 0 Å². The van der Waals surface area contributed by atoms with Crippen molar-refractivity contribution in [3.05, 3.63) is 71.5 Å². The number of pyridine rings is 1. The monoisotopic (exact) mass is 559 g/mol. The van der Waals surface area contributed by atoms with Gasteiger partial charge in [0, 0.05) is 43.2 Å². The third-order valence-electron chi connectivity index (χ3n) is 6.88. The summed E-state index contributed by atoms with van der Waals surface area (Å²) >= 11 is 0. The van der Waals surface area contributed by atoms with Crippen LogP contribution >= 0.6 is 0 Å². The number of carbonyl (C=O) groups excluding carboxylic acids is 1. The molecule has 1 atom stereocenters. The highest BCUT2D eigenvalue weighted by atomic mass is 19.1. The number of hydrogen-bond donors (Lipinski definition) is 3. The van der Waals surface area contributed by atoms with E-state index in [2.05, 4.69) is 41.0 Å². The Morgan fingerprint density at radius 3 is 2.54 bits per heavy atom. The van der Waals surface area contributed by atoms with Crippen LogP contribution in [0.1, 0.15) is 61.4 Å². The second-order valence-corrected chi connectivity index (χ2v) is 11.1. The van der Waals surface area contributed by atoms with Gasteiger partial charge in [-0.05, 0) is 43.2 Å². The summed E-state index contributed by atoms with van der Waals surface area (Å²) in [6.45, 7) is 12.8. The number of hydrogen-bond acceptors (Lipinski definition) is 10. The highest BCUT2D eigenvalue weighted by molar-refractivity contribution is 5.89. The van der Waals surface area contributed by atoms with Gasteiger partial charge in [-0.15, -0.1) is 0 Å². The van der Waals surface area contributed by atoms with Crippen LogP contribution in [-0.2, 0) is 5.41 Å². The summed E-state index contributed by atoms with van der Waals surface area (Å²) in [5, 5.41) is 13.2. The second kappa shape index (κ2) is 11.6. The van der Waals surface area contributed by atoms with Crippen LogP contribution in [0.4, 0.5) is 21.7 Å². The van der Waals surface area contributed by atoms with E-state index in [0.717, 1.165) is 42.9 Å². The molecule has 1 amide bonds. The predicted octanol–water partition coefficient (Wildman–Crippen LogP) is 4.31. The third kappa shape index (κ3) is 6.49. The van der Waals surface area contributed by atoms with E-state index in [1.54, 1.807) is 18.2 Å². The number of anilines is 3. The molecule has 0 radical (unpaired) electrons. The van der Waals surface area contributed by atoms with Gasteiger partial charge in [0.1, 0.15) is 18.0 Å². The fourth-order valence-electron chi connectivity index (χ4n) is 4.63. The van der Waals surface area contributed by atoms with Gasteiger partial charge in [-0.2, -0.15) is 9.37 Å². The normalized spacial score (nSPS) is 14.5. The fraction of sp³-hybridized carbons (Fsp3) is 0.379. The quantitative estimate of drug-likeness (QED) is 0.281. The lowest BCUT2D eigenvalue weighted by molar-refractivity contribution is 0.0895. The van der Waals surface area contributed by atoms with Crippen LogP contribution in [0.25, 0.3) is 11.3 Å². The number of aromatic nitrogens is 5. The average molecular weight is 560 g/mol. The van der Waals surface area contributed by atoms with Crippen molar-refractivity contribution in [2.75, 3.05) is 36.4 Å². The molecule has 0 aliphatic carbocycles. The average Bonchev–Trinajstić information content (AvgIpc) is 3.45. The van der Waals surface area contributed by atoms with Crippen molar-refractivity contribution in [1.82, 2.24) is 35.7 Å². The van der Waals surface area contributed by atoms with Crippen molar-refractivity contribution in [2.24, 2.45) is 0 Å². The minimum atomic E-state index is -0.521. The van der Waals surface area contributed by atoms with Gasteiger partial charge in [0.2, 0.25) is 5.95 Å². The molecule has 12 heteroatoms. The SMILES string of the molecule is Cc1cc(-c2cc(Nc3ccc(N4CCNCC4)c(F)n3)ncn2)ccc1[C@@H](C)NC(=O)c1nc(C(C)(C)C)no1. The van der Waals surface area contributed by atoms with E-state index in [0.29, 0.717) is 28.8 Å². The van der Waals surface area contributed by atoms with E-state index < -0.39 is 11.9 Å². The molecule has 0 unspecified atom stereocenters. The van der Waals surface area contributed by atoms with Crippen molar-refractivity contribution in [1.29, 1.82) is 0 Å². The first-order valence-electron chi connectivity index (χ1n) is 13.6. The Morgan fingerprint density at radius 1 is 1.07 bits per heavy atom. The summed E-state index contributed by atoms with van der Waals surface area (Å²) in [4.78, 5) is 31.7. The van der Waals surface area contributed by atoms with Crippen LogP contribution in [0.2, 0.25) is 0 Å².